The van der Waals surface area contributed by atoms with Crippen LogP contribution in [0.15, 0.2) is 34.9 Å². The number of nitrogens with one attached hydrogen (secondary N) is 1. The van der Waals surface area contributed by atoms with Gasteiger partial charge >= 0.3 is 0 Å². The highest BCUT2D eigenvalue weighted by molar-refractivity contribution is 5.22. The number of ether oxygens (including phenoxy) is 2. The summed E-state index contributed by atoms with van der Waals surface area (Å²) in [5, 5.41) is 7.24. The summed E-state index contributed by atoms with van der Waals surface area (Å²) in [5.41, 5.74) is 0.980. The lowest BCUT2D eigenvalue weighted by molar-refractivity contribution is 0.0208. The third-order valence-electron chi connectivity index (χ3n) is 3.24. The summed E-state index contributed by atoms with van der Waals surface area (Å²) in [5.74, 6) is 1.01. The molecule has 1 saturated heterocycles. The molecule has 3 rings (SSSR count). The van der Waals surface area contributed by atoms with Crippen LogP contribution in [0.4, 0.5) is 0 Å². The minimum absolute atomic E-state index is 0.158. The van der Waals surface area contributed by atoms with Crippen LogP contribution >= 0.6 is 0 Å². The Balaban J connectivity index is 1.81. The van der Waals surface area contributed by atoms with E-state index in [0.717, 1.165) is 12.1 Å². The lowest BCUT2D eigenvalue weighted by Crippen LogP contribution is -2.33. The Morgan fingerprint density at radius 1 is 1.35 bits per heavy atom. The third kappa shape index (κ3) is 2.72. The molecular formula is C14H17N3O3. The first kappa shape index (κ1) is 13.2. The molecule has 106 valence electrons. The van der Waals surface area contributed by atoms with Gasteiger partial charge in [0, 0.05) is 20.2 Å². The van der Waals surface area contributed by atoms with Crippen LogP contribution in [0.5, 0.6) is 0 Å². The Bertz CT molecular complexity index is 538. The highest BCUT2D eigenvalue weighted by Crippen LogP contribution is 2.25. The second-order valence-corrected chi connectivity index (χ2v) is 4.58. The van der Waals surface area contributed by atoms with Gasteiger partial charge in [0.2, 0.25) is 5.82 Å². The van der Waals surface area contributed by atoms with Gasteiger partial charge in [0.05, 0.1) is 6.61 Å². The number of hydrogen-bond acceptors (Lipinski definition) is 6. The quantitative estimate of drug-likeness (QED) is 0.911. The number of benzene rings is 1. The highest BCUT2D eigenvalue weighted by Gasteiger charge is 2.25. The maximum atomic E-state index is 5.61. The summed E-state index contributed by atoms with van der Waals surface area (Å²) < 4.78 is 16.4. The van der Waals surface area contributed by atoms with Crippen LogP contribution in [0.25, 0.3) is 0 Å². The van der Waals surface area contributed by atoms with E-state index < -0.39 is 0 Å². The van der Waals surface area contributed by atoms with E-state index in [9.17, 15) is 0 Å². The van der Waals surface area contributed by atoms with Gasteiger partial charge in [-0.15, -0.1) is 0 Å². The standard InChI is InChI=1S/C14H17N3O3/c1-18-12(10-5-3-2-4-6-10)14-16-13(17-20-14)11-9-15-7-8-19-11/h2-6,11-12,15H,7-9H2,1H3. The lowest BCUT2D eigenvalue weighted by Gasteiger charge is -2.20. The zero-order valence-electron chi connectivity index (χ0n) is 11.3. The Morgan fingerprint density at radius 2 is 2.20 bits per heavy atom. The summed E-state index contributed by atoms with van der Waals surface area (Å²) in [6.45, 7) is 2.20. The van der Waals surface area contributed by atoms with Crippen LogP contribution in [0, 0.1) is 0 Å². The predicted molar refractivity (Wildman–Crippen MR) is 71.2 cm³/mol. The normalized spacial score (nSPS) is 20.8. The van der Waals surface area contributed by atoms with E-state index in [2.05, 4.69) is 15.5 Å². The van der Waals surface area contributed by atoms with Crippen LogP contribution in [-0.4, -0.2) is 36.9 Å². The largest absolute Gasteiger partial charge is 0.367 e. The Morgan fingerprint density at radius 3 is 2.90 bits per heavy atom. The van der Waals surface area contributed by atoms with Gasteiger partial charge in [0.25, 0.3) is 5.89 Å². The van der Waals surface area contributed by atoms with Gasteiger partial charge in [0.15, 0.2) is 6.10 Å². The van der Waals surface area contributed by atoms with Crippen molar-refractivity contribution in [3.8, 4) is 0 Å². The number of aromatic nitrogens is 2. The number of hydrogen-bond donors (Lipinski definition) is 1. The van der Waals surface area contributed by atoms with E-state index in [4.69, 9.17) is 14.0 Å². The summed E-state index contributed by atoms with van der Waals surface area (Å²) in [4.78, 5) is 4.41. The van der Waals surface area contributed by atoms with Crippen molar-refractivity contribution in [2.24, 2.45) is 0 Å². The Hall–Kier alpha value is -1.76. The number of rotatable bonds is 4. The van der Waals surface area contributed by atoms with E-state index in [1.807, 2.05) is 30.3 Å². The molecule has 20 heavy (non-hydrogen) atoms. The minimum Gasteiger partial charge on any atom is -0.367 e. The van der Waals surface area contributed by atoms with Gasteiger partial charge in [0.1, 0.15) is 6.10 Å². The van der Waals surface area contributed by atoms with Gasteiger partial charge in [-0.3, -0.25) is 0 Å². The average molecular weight is 275 g/mol. The lowest BCUT2D eigenvalue weighted by atomic mass is 10.1. The van der Waals surface area contributed by atoms with Crippen molar-refractivity contribution in [3.05, 3.63) is 47.6 Å². The van der Waals surface area contributed by atoms with E-state index >= 15 is 0 Å². The molecule has 2 atom stereocenters. The zero-order valence-corrected chi connectivity index (χ0v) is 11.3. The average Bonchev–Trinajstić information content (AvgIpc) is 3.00. The zero-order chi connectivity index (χ0) is 13.8. The smallest absolute Gasteiger partial charge is 0.260 e. The summed E-state index contributed by atoms with van der Waals surface area (Å²) in [6.07, 6.45) is -0.511. The molecule has 1 aliphatic rings. The minimum atomic E-state index is -0.353. The van der Waals surface area contributed by atoms with E-state index in [1.54, 1.807) is 7.11 Å². The van der Waals surface area contributed by atoms with Crippen LogP contribution in [0.1, 0.15) is 29.5 Å². The van der Waals surface area contributed by atoms with Crippen LogP contribution in [0.3, 0.4) is 0 Å². The molecule has 1 aromatic heterocycles. The van der Waals surface area contributed by atoms with Gasteiger partial charge in [-0.25, -0.2) is 0 Å². The van der Waals surface area contributed by atoms with Crippen molar-refractivity contribution in [3.63, 3.8) is 0 Å². The molecule has 1 aromatic carbocycles. The molecule has 6 heteroatoms. The maximum absolute atomic E-state index is 5.61. The van der Waals surface area contributed by atoms with Crippen molar-refractivity contribution in [2.75, 3.05) is 26.8 Å². The second-order valence-electron chi connectivity index (χ2n) is 4.58. The molecule has 0 radical (unpaired) electrons. The van der Waals surface area contributed by atoms with Crippen molar-refractivity contribution < 1.29 is 14.0 Å². The molecule has 1 aliphatic heterocycles. The SMILES string of the molecule is COC(c1ccccc1)c1nc(C2CNCCO2)no1. The van der Waals surface area contributed by atoms with Crippen molar-refractivity contribution in [1.82, 2.24) is 15.5 Å². The number of nitrogens with zero attached hydrogens (tertiary/aromatic N) is 2. The molecule has 2 aromatic rings. The molecule has 6 nitrogen and oxygen atoms in total. The third-order valence-corrected chi connectivity index (χ3v) is 3.24. The maximum Gasteiger partial charge on any atom is 0.260 e. The monoisotopic (exact) mass is 275 g/mol. The van der Waals surface area contributed by atoms with Gasteiger partial charge in [-0.05, 0) is 5.56 Å². The molecule has 1 fully saturated rings. The van der Waals surface area contributed by atoms with E-state index in [-0.39, 0.29) is 12.2 Å². The second kappa shape index (κ2) is 6.13. The number of morpholine rings is 1. The fourth-order valence-corrected chi connectivity index (χ4v) is 2.22. The Kier molecular flexibility index (Phi) is 4.05. The molecule has 0 aliphatic carbocycles. The van der Waals surface area contributed by atoms with Crippen molar-refractivity contribution in [2.45, 2.75) is 12.2 Å². The molecule has 0 spiro atoms. The fourth-order valence-electron chi connectivity index (χ4n) is 2.22. The highest BCUT2D eigenvalue weighted by atomic mass is 16.5. The van der Waals surface area contributed by atoms with Gasteiger partial charge < -0.3 is 19.3 Å². The first-order valence-electron chi connectivity index (χ1n) is 6.62. The van der Waals surface area contributed by atoms with Gasteiger partial charge in [-0.1, -0.05) is 35.5 Å². The fraction of sp³-hybridized carbons (Fsp3) is 0.429. The number of methoxy groups -OCH3 is 1. The van der Waals surface area contributed by atoms with Crippen LogP contribution < -0.4 is 5.32 Å². The topological polar surface area (TPSA) is 69.4 Å². The van der Waals surface area contributed by atoms with Crippen LogP contribution in [0.2, 0.25) is 0 Å². The molecule has 0 amide bonds. The summed E-state index contributed by atoms with van der Waals surface area (Å²) in [7, 11) is 1.63. The first-order chi connectivity index (χ1) is 9.88. The molecule has 0 bridgehead atoms. The predicted octanol–water partition coefficient (Wildman–Crippen LogP) is 1.47. The molecule has 2 unspecified atom stereocenters. The molecular weight excluding hydrogens is 258 g/mol. The van der Waals surface area contributed by atoms with E-state index in [0.29, 0.717) is 24.9 Å². The van der Waals surface area contributed by atoms with Crippen LogP contribution in [-0.2, 0) is 9.47 Å². The molecule has 0 saturated carbocycles. The van der Waals surface area contributed by atoms with Gasteiger partial charge in [-0.2, -0.15) is 4.98 Å². The van der Waals surface area contributed by atoms with Crippen molar-refractivity contribution >= 4 is 0 Å². The summed E-state index contributed by atoms with van der Waals surface area (Å²) in [6, 6.07) is 9.80. The van der Waals surface area contributed by atoms with Crippen molar-refractivity contribution in [1.29, 1.82) is 0 Å². The molecule has 1 N–H and O–H groups in total. The first-order valence-corrected chi connectivity index (χ1v) is 6.62. The summed E-state index contributed by atoms with van der Waals surface area (Å²) >= 11 is 0. The molecule has 2 heterocycles. The Labute approximate surface area is 117 Å². The van der Waals surface area contributed by atoms with E-state index in [1.165, 1.54) is 0 Å².